The first-order valence-corrected chi connectivity index (χ1v) is 6.83. The van der Waals surface area contributed by atoms with E-state index in [2.05, 4.69) is 42.2 Å². The molecule has 0 aliphatic carbocycles. The summed E-state index contributed by atoms with van der Waals surface area (Å²) in [7, 11) is 0. The molecule has 3 nitrogen and oxygen atoms in total. The van der Waals surface area contributed by atoms with Crippen molar-refractivity contribution in [3.05, 3.63) is 56.7 Å². The third-order valence-corrected chi connectivity index (χ3v) is 3.68. The molecule has 5 heteroatoms. The monoisotopic (exact) mass is 368 g/mol. The number of nitrogens with one attached hydrogen (secondary N) is 1. The third-order valence-electron chi connectivity index (χ3n) is 2.39. The first-order chi connectivity index (χ1) is 8.58. The van der Waals surface area contributed by atoms with Crippen LogP contribution in [0.25, 0.3) is 0 Å². The molecule has 0 radical (unpaired) electrons. The van der Waals surface area contributed by atoms with Crippen LogP contribution < -0.4 is 5.32 Å². The molecule has 0 unspecified atom stereocenters. The minimum Gasteiger partial charge on any atom is -0.321 e. The molecule has 0 spiro atoms. The maximum atomic E-state index is 12.1. The van der Waals surface area contributed by atoms with E-state index in [-0.39, 0.29) is 5.91 Å². The first-order valence-electron chi connectivity index (χ1n) is 5.25. The molecule has 18 heavy (non-hydrogen) atoms. The fourth-order valence-electron chi connectivity index (χ4n) is 1.47. The van der Waals surface area contributed by atoms with E-state index >= 15 is 0 Å². The quantitative estimate of drug-likeness (QED) is 0.863. The molecule has 2 aromatic rings. The summed E-state index contributed by atoms with van der Waals surface area (Å²) in [5.74, 6) is -0.159. The van der Waals surface area contributed by atoms with Crippen LogP contribution in [-0.2, 0) is 0 Å². The molecule has 0 saturated carbocycles. The zero-order valence-electron chi connectivity index (χ0n) is 9.58. The van der Waals surface area contributed by atoms with Crippen molar-refractivity contribution in [3.63, 3.8) is 0 Å². The van der Waals surface area contributed by atoms with Crippen molar-refractivity contribution in [2.45, 2.75) is 6.92 Å². The molecule has 0 aliphatic rings. The van der Waals surface area contributed by atoms with Gasteiger partial charge >= 0.3 is 0 Å². The van der Waals surface area contributed by atoms with Crippen molar-refractivity contribution in [2.75, 3.05) is 5.32 Å². The molecule has 0 atom stereocenters. The Morgan fingerprint density at radius 2 is 2.00 bits per heavy atom. The van der Waals surface area contributed by atoms with E-state index in [0.717, 1.165) is 14.5 Å². The average Bonchev–Trinajstić information content (AvgIpc) is 2.32. The van der Waals surface area contributed by atoms with Crippen LogP contribution in [-0.4, -0.2) is 10.9 Å². The number of benzene rings is 1. The molecule has 1 N–H and O–H groups in total. The molecule has 0 fully saturated rings. The highest BCUT2D eigenvalue weighted by Gasteiger charge is 2.11. The second-order valence-corrected chi connectivity index (χ2v) is 5.50. The number of anilines is 1. The lowest BCUT2D eigenvalue weighted by Crippen LogP contribution is -2.13. The van der Waals surface area contributed by atoms with Crippen molar-refractivity contribution in [3.8, 4) is 0 Å². The van der Waals surface area contributed by atoms with Gasteiger partial charge in [0.05, 0.1) is 15.7 Å². The lowest BCUT2D eigenvalue weighted by Gasteiger charge is -2.08. The highest BCUT2D eigenvalue weighted by Crippen LogP contribution is 2.23. The summed E-state index contributed by atoms with van der Waals surface area (Å²) in [6.07, 6.45) is 3.27. The average molecular weight is 370 g/mol. The Hall–Kier alpha value is -1.20. The number of hydrogen-bond acceptors (Lipinski definition) is 2. The minimum atomic E-state index is -0.159. The number of aryl methyl sites for hydroxylation is 1. The SMILES string of the molecule is Cc1ccc(C(=O)Nc2ccncc2Br)c(Br)c1. The van der Waals surface area contributed by atoms with E-state index in [0.29, 0.717) is 11.3 Å². The van der Waals surface area contributed by atoms with Gasteiger partial charge in [0.2, 0.25) is 0 Å². The number of halogens is 2. The fourth-order valence-corrected chi connectivity index (χ4v) is 2.49. The molecule has 1 aromatic heterocycles. The molecule has 1 amide bonds. The molecule has 1 heterocycles. The standard InChI is InChI=1S/C13H10Br2N2O/c1-8-2-3-9(10(14)6-8)13(18)17-12-4-5-16-7-11(12)15/h2-7H,1H3,(H,16,17,18). The number of carbonyl (C=O) groups excluding carboxylic acids is 1. The van der Waals surface area contributed by atoms with Gasteiger partial charge in [-0.2, -0.15) is 0 Å². The maximum Gasteiger partial charge on any atom is 0.256 e. The van der Waals surface area contributed by atoms with Crippen LogP contribution in [0, 0.1) is 6.92 Å². The van der Waals surface area contributed by atoms with Crippen LogP contribution in [0.3, 0.4) is 0 Å². The summed E-state index contributed by atoms with van der Waals surface area (Å²) in [4.78, 5) is 16.1. The van der Waals surface area contributed by atoms with Crippen LogP contribution in [0.1, 0.15) is 15.9 Å². The van der Waals surface area contributed by atoms with Crippen LogP contribution in [0.4, 0.5) is 5.69 Å². The summed E-state index contributed by atoms with van der Waals surface area (Å²) < 4.78 is 1.53. The molecular weight excluding hydrogens is 360 g/mol. The van der Waals surface area contributed by atoms with Gasteiger partial charge < -0.3 is 5.32 Å². The summed E-state index contributed by atoms with van der Waals surface area (Å²) in [6, 6.07) is 7.35. The predicted molar refractivity (Wildman–Crippen MR) is 78.8 cm³/mol. The second-order valence-electron chi connectivity index (χ2n) is 3.79. The maximum absolute atomic E-state index is 12.1. The Morgan fingerprint density at radius 3 is 2.67 bits per heavy atom. The van der Waals surface area contributed by atoms with Gasteiger partial charge in [0, 0.05) is 16.9 Å². The zero-order valence-corrected chi connectivity index (χ0v) is 12.7. The number of pyridine rings is 1. The topological polar surface area (TPSA) is 42.0 Å². The van der Waals surface area contributed by atoms with Gasteiger partial charge in [-0.05, 0) is 62.5 Å². The van der Waals surface area contributed by atoms with E-state index in [1.165, 1.54) is 0 Å². The van der Waals surface area contributed by atoms with E-state index in [1.807, 2.05) is 19.1 Å². The number of nitrogens with zero attached hydrogens (tertiary/aromatic N) is 1. The fraction of sp³-hybridized carbons (Fsp3) is 0.0769. The van der Waals surface area contributed by atoms with Gasteiger partial charge in [-0.3, -0.25) is 9.78 Å². The number of rotatable bonds is 2. The van der Waals surface area contributed by atoms with Gasteiger partial charge in [0.1, 0.15) is 0 Å². The molecule has 0 saturated heterocycles. The Balaban J connectivity index is 2.25. The van der Waals surface area contributed by atoms with Gasteiger partial charge in [0.15, 0.2) is 0 Å². The van der Waals surface area contributed by atoms with E-state index in [9.17, 15) is 4.79 Å². The summed E-state index contributed by atoms with van der Waals surface area (Å²) in [5, 5.41) is 2.83. The molecule has 1 aromatic carbocycles. The smallest absolute Gasteiger partial charge is 0.256 e. The Bertz CT molecular complexity index is 599. The molecule has 2 rings (SSSR count). The minimum absolute atomic E-state index is 0.159. The van der Waals surface area contributed by atoms with Crippen molar-refractivity contribution in [1.82, 2.24) is 4.98 Å². The van der Waals surface area contributed by atoms with Crippen molar-refractivity contribution >= 4 is 43.5 Å². The van der Waals surface area contributed by atoms with Crippen LogP contribution in [0.5, 0.6) is 0 Å². The molecular formula is C13H10Br2N2O. The summed E-state index contributed by atoms with van der Waals surface area (Å²) in [5.41, 5.74) is 2.40. The van der Waals surface area contributed by atoms with Crippen LogP contribution in [0.2, 0.25) is 0 Å². The summed E-state index contributed by atoms with van der Waals surface area (Å²) in [6.45, 7) is 1.98. The Labute approximate surface area is 122 Å². The van der Waals surface area contributed by atoms with E-state index in [1.54, 1.807) is 24.5 Å². The number of carbonyl (C=O) groups is 1. The highest BCUT2D eigenvalue weighted by atomic mass is 79.9. The van der Waals surface area contributed by atoms with Crippen LogP contribution in [0.15, 0.2) is 45.6 Å². The van der Waals surface area contributed by atoms with E-state index in [4.69, 9.17) is 0 Å². The lowest BCUT2D eigenvalue weighted by atomic mass is 10.1. The van der Waals surface area contributed by atoms with Gasteiger partial charge in [0.25, 0.3) is 5.91 Å². The normalized spacial score (nSPS) is 10.2. The first kappa shape index (κ1) is 13.2. The van der Waals surface area contributed by atoms with Crippen molar-refractivity contribution in [1.29, 1.82) is 0 Å². The number of aromatic nitrogens is 1. The summed E-state index contributed by atoms with van der Waals surface area (Å²) >= 11 is 6.73. The van der Waals surface area contributed by atoms with Gasteiger partial charge in [-0.25, -0.2) is 0 Å². The van der Waals surface area contributed by atoms with E-state index < -0.39 is 0 Å². The molecule has 0 aliphatic heterocycles. The third kappa shape index (κ3) is 2.97. The van der Waals surface area contributed by atoms with Crippen LogP contribution >= 0.6 is 31.9 Å². The number of amides is 1. The molecule has 0 bridgehead atoms. The Kier molecular flexibility index (Phi) is 4.14. The van der Waals surface area contributed by atoms with Gasteiger partial charge in [-0.1, -0.05) is 6.07 Å². The lowest BCUT2D eigenvalue weighted by molar-refractivity contribution is 0.102. The highest BCUT2D eigenvalue weighted by molar-refractivity contribution is 9.11. The Morgan fingerprint density at radius 1 is 1.22 bits per heavy atom. The van der Waals surface area contributed by atoms with Crippen molar-refractivity contribution < 1.29 is 4.79 Å². The predicted octanol–water partition coefficient (Wildman–Crippen LogP) is 4.17. The molecule has 92 valence electrons. The zero-order chi connectivity index (χ0) is 13.1. The van der Waals surface area contributed by atoms with Crippen molar-refractivity contribution in [2.24, 2.45) is 0 Å². The second kappa shape index (κ2) is 5.63. The largest absolute Gasteiger partial charge is 0.321 e. The van der Waals surface area contributed by atoms with Gasteiger partial charge in [-0.15, -0.1) is 0 Å². The number of hydrogen-bond donors (Lipinski definition) is 1.